The molecule has 3 N–H and O–H groups in total. The number of rotatable bonds is 6. The molecule has 0 radical (unpaired) electrons. The van der Waals surface area contributed by atoms with Gasteiger partial charge in [0.1, 0.15) is 16.3 Å². The Bertz CT molecular complexity index is 904. The summed E-state index contributed by atoms with van der Waals surface area (Å²) >= 11 is 12.1. The van der Waals surface area contributed by atoms with E-state index in [0.29, 0.717) is 0 Å². The maximum absolute atomic E-state index is 12.9. The average molecular weight is 438 g/mol. The zero-order valence-corrected chi connectivity index (χ0v) is 17.2. The number of nitrogens with zero attached hydrogens (tertiary/aromatic N) is 2. The van der Waals surface area contributed by atoms with E-state index in [4.69, 9.17) is 28.4 Å². The first-order valence-electron chi connectivity index (χ1n) is 9.15. The van der Waals surface area contributed by atoms with Crippen LogP contribution in [-0.4, -0.2) is 51.2 Å². The van der Waals surface area contributed by atoms with Crippen LogP contribution in [0.4, 0.5) is 0 Å². The van der Waals surface area contributed by atoms with Crippen molar-refractivity contribution in [2.75, 3.05) is 13.2 Å². The third kappa shape index (κ3) is 4.38. The van der Waals surface area contributed by atoms with E-state index < -0.39 is 17.9 Å². The molecule has 2 aromatic rings. The number of hydrogen-bond donors (Lipinski definition) is 3. The number of likely N-dealkylation sites (tertiary alicyclic amines) is 1. The lowest BCUT2D eigenvalue weighted by molar-refractivity contribution is -0.143. The second kappa shape index (κ2) is 9.09. The van der Waals surface area contributed by atoms with Crippen molar-refractivity contribution in [1.82, 2.24) is 15.4 Å². The minimum Gasteiger partial charge on any atom is -0.396 e. The van der Waals surface area contributed by atoms with Gasteiger partial charge < -0.3 is 10.0 Å². The lowest BCUT2D eigenvalue weighted by Gasteiger charge is -2.26. The van der Waals surface area contributed by atoms with Crippen molar-refractivity contribution in [2.45, 2.75) is 25.3 Å². The fourth-order valence-electron chi connectivity index (χ4n) is 3.87. The van der Waals surface area contributed by atoms with E-state index in [9.17, 15) is 14.7 Å². The lowest BCUT2D eigenvalue weighted by atomic mass is 9.85. The summed E-state index contributed by atoms with van der Waals surface area (Å²) < 4.78 is 0. The van der Waals surface area contributed by atoms with Crippen molar-refractivity contribution in [3.05, 3.63) is 52.3 Å². The average Bonchev–Trinajstić information content (AvgIpc) is 2.99. The normalized spacial score (nSPS) is 20.0. The standard InChI is InChI=1S/C20H21Cl2N3O4/c1-11-15(10-25(20(11)28)16(6-7-26)19(27)24-29)14-5-3-2-4-13(14)12-8-17(21)23-18(22)9-12/h2-5,8-9,11,15-16,26,29H,6-7,10H2,1H3,(H,24,27). The molecule has 7 nitrogen and oxygen atoms in total. The number of nitrogens with one attached hydrogen (secondary N) is 1. The molecule has 1 aromatic heterocycles. The van der Waals surface area contributed by atoms with Gasteiger partial charge >= 0.3 is 0 Å². The molecule has 1 aromatic carbocycles. The molecule has 3 unspecified atom stereocenters. The summed E-state index contributed by atoms with van der Waals surface area (Å²) in [5.41, 5.74) is 4.16. The Hall–Kier alpha value is -2.19. The number of benzene rings is 1. The zero-order chi connectivity index (χ0) is 21.1. The number of amides is 2. The van der Waals surface area contributed by atoms with Crippen LogP contribution in [0.5, 0.6) is 0 Å². The second-order valence-electron chi connectivity index (χ2n) is 6.98. The summed E-state index contributed by atoms with van der Waals surface area (Å²) in [6, 6.07) is 10.1. The molecular formula is C20H21Cl2N3O4. The van der Waals surface area contributed by atoms with E-state index in [1.165, 1.54) is 4.90 Å². The topological polar surface area (TPSA) is 103 Å². The number of aliphatic hydroxyl groups excluding tert-OH is 1. The van der Waals surface area contributed by atoms with Crippen molar-refractivity contribution >= 4 is 35.0 Å². The van der Waals surface area contributed by atoms with Crippen molar-refractivity contribution < 1.29 is 19.9 Å². The molecule has 2 heterocycles. The monoisotopic (exact) mass is 437 g/mol. The van der Waals surface area contributed by atoms with Crippen LogP contribution in [-0.2, 0) is 9.59 Å². The van der Waals surface area contributed by atoms with Crippen LogP contribution < -0.4 is 5.48 Å². The van der Waals surface area contributed by atoms with Gasteiger partial charge in [-0.3, -0.25) is 14.8 Å². The molecule has 0 spiro atoms. The highest BCUT2D eigenvalue weighted by Crippen LogP contribution is 2.40. The Kier molecular flexibility index (Phi) is 6.74. The van der Waals surface area contributed by atoms with Crippen LogP contribution in [0, 0.1) is 5.92 Å². The Balaban J connectivity index is 1.99. The molecular weight excluding hydrogens is 417 g/mol. The first-order chi connectivity index (χ1) is 13.9. The van der Waals surface area contributed by atoms with E-state index in [1.807, 2.05) is 31.2 Å². The highest BCUT2D eigenvalue weighted by molar-refractivity contribution is 6.32. The molecule has 0 bridgehead atoms. The minimum absolute atomic E-state index is 0.0365. The van der Waals surface area contributed by atoms with Gasteiger partial charge in [0.25, 0.3) is 5.91 Å². The van der Waals surface area contributed by atoms with E-state index >= 15 is 0 Å². The minimum atomic E-state index is -0.943. The molecule has 2 amide bonds. The molecule has 29 heavy (non-hydrogen) atoms. The maximum Gasteiger partial charge on any atom is 0.266 e. The number of hydrogen-bond acceptors (Lipinski definition) is 5. The fraction of sp³-hybridized carbons (Fsp3) is 0.350. The van der Waals surface area contributed by atoms with Crippen LogP contribution in [0.2, 0.25) is 10.3 Å². The van der Waals surface area contributed by atoms with Gasteiger partial charge in [-0.15, -0.1) is 0 Å². The molecule has 0 aliphatic carbocycles. The van der Waals surface area contributed by atoms with Crippen LogP contribution >= 0.6 is 23.2 Å². The van der Waals surface area contributed by atoms with Gasteiger partial charge in [0, 0.05) is 25.0 Å². The van der Waals surface area contributed by atoms with Crippen molar-refractivity contribution in [3.63, 3.8) is 0 Å². The van der Waals surface area contributed by atoms with Crippen molar-refractivity contribution in [2.24, 2.45) is 5.92 Å². The van der Waals surface area contributed by atoms with Crippen molar-refractivity contribution in [3.8, 4) is 11.1 Å². The molecule has 9 heteroatoms. The van der Waals surface area contributed by atoms with Crippen LogP contribution in [0.1, 0.15) is 24.8 Å². The summed E-state index contributed by atoms with van der Waals surface area (Å²) in [6.45, 7) is 1.80. The molecule has 1 aliphatic rings. The molecule has 1 aliphatic heterocycles. The maximum atomic E-state index is 12.9. The fourth-order valence-corrected chi connectivity index (χ4v) is 4.33. The Morgan fingerprint density at radius 3 is 2.59 bits per heavy atom. The number of pyridine rings is 1. The molecule has 0 saturated carbocycles. The van der Waals surface area contributed by atoms with Gasteiger partial charge in [-0.1, -0.05) is 54.4 Å². The van der Waals surface area contributed by atoms with Gasteiger partial charge in [-0.25, -0.2) is 10.5 Å². The third-order valence-corrected chi connectivity index (χ3v) is 5.68. The number of carbonyl (C=O) groups excluding carboxylic acids is 2. The molecule has 1 saturated heterocycles. The summed E-state index contributed by atoms with van der Waals surface area (Å²) in [6.07, 6.45) is 0.0365. The third-order valence-electron chi connectivity index (χ3n) is 5.30. The first-order valence-corrected chi connectivity index (χ1v) is 9.90. The number of hydroxylamine groups is 1. The van der Waals surface area contributed by atoms with Gasteiger partial charge in [0.2, 0.25) is 5.91 Å². The van der Waals surface area contributed by atoms with Crippen LogP contribution in [0.15, 0.2) is 36.4 Å². The van der Waals surface area contributed by atoms with E-state index in [0.717, 1.165) is 16.7 Å². The number of aliphatic hydroxyl groups is 1. The predicted octanol–water partition coefficient (Wildman–Crippen LogP) is 2.87. The Labute approximate surface area is 178 Å². The summed E-state index contributed by atoms with van der Waals surface area (Å²) in [5.74, 6) is -1.52. The Morgan fingerprint density at radius 2 is 1.97 bits per heavy atom. The zero-order valence-electron chi connectivity index (χ0n) is 15.7. The predicted molar refractivity (Wildman–Crippen MR) is 109 cm³/mol. The van der Waals surface area contributed by atoms with E-state index in [2.05, 4.69) is 4.98 Å². The van der Waals surface area contributed by atoms with E-state index in [1.54, 1.807) is 17.6 Å². The van der Waals surface area contributed by atoms with E-state index in [-0.39, 0.29) is 41.7 Å². The summed E-state index contributed by atoms with van der Waals surface area (Å²) in [5, 5.41) is 18.8. The molecule has 3 atom stereocenters. The summed E-state index contributed by atoms with van der Waals surface area (Å²) in [7, 11) is 0. The van der Waals surface area contributed by atoms with Crippen LogP contribution in [0.3, 0.4) is 0 Å². The van der Waals surface area contributed by atoms with Gasteiger partial charge in [0.15, 0.2) is 0 Å². The number of aromatic nitrogens is 1. The highest BCUT2D eigenvalue weighted by atomic mass is 35.5. The van der Waals surface area contributed by atoms with Gasteiger partial charge in [0.05, 0.1) is 0 Å². The van der Waals surface area contributed by atoms with Gasteiger partial charge in [-0.2, -0.15) is 0 Å². The second-order valence-corrected chi connectivity index (χ2v) is 7.75. The van der Waals surface area contributed by atoms with Crippen LogP contribution in [0.25, 0.3) is 11.1 Å². The van der Waals surface area contributed by atoms with Gasteiger partial charge in [-0.05, 0) is 35.2 Å². The summed E-state index contributed by atoms with van der Waals surface area (Å²) in [4.78, 5) is 30.3. The quantitative estimate of drug-likeness (QED) is 0.366. The number of carbonyl (C=O) groups is 2. The number of halogens is 2. The molecule has 3 rings (SSSR count). The lowest BCUT2D eigenvalue weighted by Crippen LogP contribution is -2.47. The molecule has 154 valence electrons. The largest absolute Gasteiger partial charge is 0.396 e. The Morgan fingerprint density at radius 1 is 1.31 bits per heavy atom. The molecule has 1 fully saturated rings. The smallest absolute Gasteiger partial charge is 0.266 e. The van der Waals surface area contributed by atoms with Crippen molar-refractivity contribution in [1.29, 1.82) is 0 Å². The first kappa shape index (κ1) is 21.5. The SMILES string of the molecule is CC1C(=O)N(C(CCO)C(=O)NO)CC1c1ccccc1-c1cc(Cl)nc(Cl)c1. The highest BCUT2D eigenvalue weighted by Gasteiger charge is 2.43.